The van der Waals surface area contributed by atoms with E-state index in [4.69, 9.17) is 4.74 Å². The summed E-state index contributed by atoms with van der Waals surface area (Å²) < 4.78 is 33.4. The highest BCUT2D eigenvalue weighted by molar-refractivity contribution is 7.22. The van der Waals surface area contributed by atoms with Gasteiger partial charge in [0.05, 0.1) is 24.1 Å². The lowest BCUT2D eigenvalue weighted by atomic mass is 10.3. The van der Waals surface area contributed by atoms with E-state index in [0.717, 1.165) is 37.0 Å². The lowest BCUT2D eigenvalue weighted by Crippen LogP contribution is -2.39. The van der Waals surface area contributed by atoms with Gasteiger partial charge in [-0.3, -0.25) is 19.6 Å². The fourth-order valence-electron chi connectivity index (χ4n) is 3.17. The van der Waals surface area contributed by atoms with Crippen LogP contribution in [0, 0.1) is 11.6 Å². The molecule has 1 saturated heterocycles. The van der Waals surface area contributed by atoms with Crippen LogP contribution in [0.3, 0.4) is 0 Å². The number of anilines is 1. The van der Waals surface area contributed by atoms with Crippen molar-refractivity contribution in [1.82, 2.24) is 19.9 Å². The molecule has 1 fully saturated rings. The molecule has 0 radical (unpaired) electrons. The SMILES string of the molecule is Cl.O=C(c1cnccn1)N(CCCN1CCOCC1)c1nc2c(F)cc(F)cc2s1. The number of ether oxygens (including phenoxy) is 1. The lowest BCUT2D eigenvalue weighted by Gasteiger charge is -2.27. The van der Waals surface area contributed by atoms with Gasteiger partial charge in [-0.1, -0.05) is 11.3 Å². The van der Waals surface area contributed by atoms with E-state index in [-0.39, 0.29) is 29.5 Å². The van der Waals surface area contributed by atoms with Crippen LogP contribution in [-0.4, -0.2) is 65.2 Å². The molecule has 11 heteroatoms. The first-order valence-electron chi connectivity index (χ1n) is 9.25. The summed E-state index contributed by atoms with van der Waals surface area (Å²) in [6.45, 7) is 4.27. The predicted octanol–water partition coefficient (Wildman–Crippen LogP) is 3.16. The predicted molar refractivity (Wildman–Crippen MR) is 112 cm³/mol. The van der Waals surface area contributed by atoms with Crippen molar-refractivity contribution >= 4 is 45.0 Å². The van der Waals surface area contributed by atoms with E-state index >= 15 is 0 Å². The monoisotopic (exact) mass is 455 g/mol. The van der Waals surface area contributed by atoms with Gasteiger partial charge in [0.1, 0.15) is 17.0 Å². The first-order chi connectivity index (χ1) is 14.1. The molecule has 4 rings (SSSR count). The molecule has 3 aromatic rings. The second-order valence-corrected chi connectivity index (χ2v) is 7.59. The molecule has 1 aromatic carbocycles. The highest BCUT2D eigenvalue weighted by Crippen LogP contribution is 2.32. The molecule has 7 nitrogen and oxygen atoms in total. The van der Waals surface area contributed by atoms with Crippen LogP contribution in [0.25, 0.3) is 10.2 Å². The maximum Gasteiger partial charge on any atom is 0.280 e. The van der Waals surface area contributed by atoms with E-state index < -0.39 is 11.6 Å². The first-order valence-corrected chi connectivity index (χ1v) is 10.1. The topological polar surface area (TPSA) is 71.5 Å². The van der Waals surface area contributed by atoms with E-state index in [0.29, 0.717) is 36.0 Å². The van der Waals surface area contributed by atoms with E-state index in [1.165, 1.54) is 29.6 Å². The number of thiazole rings is 1. The van der Waals surface area contributed by atoms with Gasteiger partial charge in [-0.05, 0) is 12.5 Å². The van der Waals surface area contributed by atoms with E-state index in [9.17, 15) is 13.6 Å². The maximum atomic E-state index is 14.1. The van der Waals surface area contributed by atoms with E-state index in [2.05, 4.69) is 19.9 Å². The number of carbonyl (C=O) groups excluding carboxylic acids is 1. The number of carbonyl (C=O) groups is 1. The zero-order valence-electron chi connectivity index (χ0n) is 16.0. The zero-order valence-corrected chi connectivity index (χ0v) is 17.6. The third-order valence-electron chi connectivity index (χ3n) is 4.62. The van der Waals surface area contributed by atoms with Gasteiger partial charge in [0.25, 0.3) is 5.91 Å². The van der Waals surface area contributed by atoms with Crippen molar-refractivity contribution in [3.05, 3.63) is 48.1 Å². The number of hydrogen-bond acceptors (Lipinski definition) is 7. The number of halogens is 3. The van der Waals surface area contributed by atoms with Crippen LogP contribution in [0.4, 0.5) is 13.9 Å². The largest absolute Gasteiger partial charge is 0.379 e. The number of rotatable bonds is 6. The summed E-state index contributed by atoms with van der Waals surface area (Å²) in [6.07, 6.45) is 4.99. The smallest absolute Gasteiger partial charge is 0.280 e. The van der Waals surface area contributed by atoms with Gasteiger partial charge in [-0.15, -0.1) is 12.4 Å². The maximum absolute atomic E-state index is 14.1. The van der Waals surface area contributed by atoms with Crippen molar-refractivity contribution in [2.75, 3.05) is 44.3 Å². The van der Waals surface area contributed by atoms with Crippen LogP contribution in [0.5, 0.6) is 0 Å². The fraction of sp³-hybridized carbons (Fsp3) is 0.368. The van der Waals surface area contributed by atoms with Crippen LogP contribution in [0.1, 0.15) is 16.9 Å². The molecule has 0 unspecified atom stereocenters. The Morgan fingerprint density at radius 3 is 2.77 bits per heavy atom. The third kappa shape index (κ3) is 5.07. The molecule has 2 aromatic heterocycles. The van der Waals surface area contributed by atoms with Crippen LogP contribution < -0.4 is 4.90 Å². The Labute approximate surface area is 182 Å². The minimum atomic E-state index is -0.747. The van der Waals surface area contributed by atoms with E-state index in [1.807, 2.05) is 0 Å². The van der Waals surface area contributed by atoms with Gasteiger partial charge in [0, 0.05) is 44.6 Å². The van der Waals surface area contributed by atoms with Gasteiger partial charge >= 0.3 is 0 Å². The minimum Gasteiger partial charge on any atom is -0.379 e. The minimum absolute atomic E-state index is 0. The van der Waals surface area contributed by atoms with Gasteiger partial charge < -0.3 is 4.74 Å². The average molecular weight is 456 g/mol. The Morgan fingerprint density at radius 1 is 1.23 bits per heavy atom. The van der Waals surface area contributed by atoms with Gasteiger partial charge in [0.15, 0.2) is 10.9 Å². The van der Waals surface area contributed by atoms with Crippen molar-refractivity contribution in [2.24, 2.45) is 0 Å². The zero-order chi connectivity index (χ0) is 20.2. The van der Waals surface area contributed by atoms with Crippen LogP contribution >= 0.6 is 23.7 Å². The Hall–Kier alpha value is -2.27. The molecular formula is C19H20ClF2N5O2S. The molecule has 0 atom stereocenters. The Morgan fingerprint density at radius 2 is 2.03 bits per heavy atom. The fourth-order valence-corrected chi connectivity index (χ4v) is 4.20. The van der Waals surface area contributed by atoms with Crippen molar-refractivity contribution in [3.63, 3.8) is 0 Å². The first kappa shape index (κ1) is 22.4. The van der Waals surface area contributed by atoms with Gasteiger partial charge in [-0.25, -0.2) is 18.7 Å². The number of fused-ring (bicyclic) bond motifs is 1. The molecular weight excluding hydrogens is 436 g/mol. The average Bonchev–Trinajstić information content (AvgIpc) is 3.16. The van der Waals surface area contributed by atoms with E-state index in [1.54, 1.807) is 0 Å². The van der Waals surface area contributed by atoms with Crippen molar-refractivity contribution in [2.45, 2.75) is 6.42 Å². The number of benzene rings is 1. The molecule has 0 saturated carbocycles. The summed E-state index contributed by atoms with van der Waals surface area (Å²) in [4.78, 5) is 29.1. The second kappa shape index (κ2) is 10.2. The van der Waals surface area contributed by atoms with Crippen LogP contribution in [0.2, 0.25) is 0 Å². The Bertz CT molecular complexity index is 1000. The third-order valence-corrected chi connectivity index (χ3v) is 5.65. The number of hydrogen-bond donors (Lipinski definition) is 0. The van der Waals surface area contributed by atoms with Crippen molar-refractivity contribution in [3.8, 4) is 0 Å². The van der Waals surface area contributed by atoms with Crippen LogP contribution in [-0.2, 0) is 4.74 Å². The second-order valence-electron chi connectivity index (χ2n) is 6.59. The molecule has 0 spiro atoms. The molecule has 3 heterocycles. The standard InChI is InChI=1S/C19H19F2N5O2S.ClH/c20-13-10-14(21)17-16(11-13)29-19(24-17)26(18(27)15-12-22-2-3-23-15)5-1-4-25-6-8-28-9-7-25;/h2-3,10-12H,1,4-9H2;1H. The molecule has 30 heavy (non-hydrogen) atoms. The Balaban J connectivity index is 0.00000256. The summed E-state index contributed by atoms with van der Waals surface area (Å²) in [7, 11) is 0. The van der Waals surface area contributed by atoms with Gasteiger partial charge in [-0.2, -0.15) is 0 Å². The van der Waals surface area contributed by atoms with Crippen LogP contribution in [0.15, 0.2) is 30.7 Å². The summed E-state index contributed by atoms with van der Waals surface area (Å²) in [5.74, 6) is -1.80. The number of morpholine rings is 1. The number of aromatic nitrogens is 3. The highest BCUT2D eigenvalue weighted by atomic mass is 35.5. The Kier molecular flexibility index (Phi) is 7.59. The van der Waals surface area contributed by atoms with Gasteiger partial charge in [0.2, 0.25) is 0 Å². The number of amides is 1. The molecule has 0 bridgehead atoms. The lowest BCUT2D eigenvalue weighted by molar-refractivity contribution is 0.0376. The summed E-state index contributed by atoms with van der Waals surface area (Å²) >= 11 is 1.07. The molecule has 1 aliphatic heterocycles. The number of nitrogens with zero attached hydrogens (tertiary/aromatic N) is 5. The molecule has 0 N–H and O–H groups in total. The molecule has 1 amide bonds. The summed E-state index contributed by atoms with van der Waals surface area (Å²) in [5.41, 5.74) is 0.223. The summed E-state index contributed by atoms with van der Waals surface area (Å²) in [6, 6.07) is 2.01. The molecule has 1 aliphatic rings. The normalized spacial score (nSPS) is 14.5. The quantitative estimate of drug-likeness (QED) is 0.568. The molecule has 160 valence electrons. The van der Waals surface area contributed by atoms with Crippen molar-refractivity contribution < 1.29 is 18.3 Å². The molecule has 0 aliphatic carbocycles. The summed E-state index contributed by atoms with van der Waals surface area (Å²) in [5, 5.41) is 0.308. The highest BCUT2D eigenvalue weighted by Gasteiger charge is 2.24. The van der Waals surface area contributed by atoms with Crippen molar-refractivity contribution in [1.29, 1.82) is 0 Å².